The molecular weight excluding hydrogens is 290 g/mol. The van der Waals surface area contributed by atoms with Gasteiger partial charge < -0.3 is 0 Å². The Morgan fingerprint density at radius 3 is 1.47 bits per heavy atom. The van der Waals surface area contributed by atoms with Gasteiger partial charge in [-0.2, -0.15) is 0 Å². The Morgan fingerprint density at radius 2 is 1.13 bits per heavy atom. The maximum atomic E-state index is 5.67. The van der Waals surface area contributed by atoms with Gasteiger partial charge in [0.25, 0.3) is 0 Å². The first-order chi connectivity index (χ1) is 7.42. The molecule has 0 bridgehead atoms. The van der Waals surface area contributed by atoms with Crippen molar-refractivity contribution in [1.82, 2.24) is 0 Å². The van der Waals surface area contributed by atoms with E-state index in [9.17, 15) is 0 Å². The summed E-state index contributed by atoms with van der Waals surface area (Å²) in [5, 5.41) is 0. The second-order valence-corrected chi connectivity index (χ2v) is 8.73. The number of rotatable bonds is 2. The molecule has 0 nitrogen and oxygen atoms in total. The van der Waals surface area contributed by atoms with Crippen LogP contribution in [0.1, 0.15) is 0 Å². The molecule has 0 aliphatic carbocycles. The van der Waals surface area contributed by atoms with Crippen LogP contribution in [0.5, 0.6) is 0 Å². The predicted molar refractivity (Wildman–Crippen MR) is 66.7 cm³/mol. The zero-order chi connectivity index (χ0) is 10.5. The molecule has 0 saturated heterocycles. The van der Waals surface area contributed by atoms with Crippen molar-refractivity contribution in [3.8, 4) is 10.3 Å². The Bertz CT molecular complexity index is 414. The third-order valence-corrected chi connectivity index (χ3v) is 7.54. The summed E-state index contributed by atoms with van der Waals surface area (Å²) >= 11 is -1.87. The second kappa shape index (κ2) is 5.06. The van der Waals surface area contributed by atoms with Crippen molar-refractivity contribution in [3.63, 3.8) is 0 Å². The molecule has 2 aromatic carbocycles. The first-order valence-electron chi connectivity index (χ1n) is 4.78. The van der Waals surface area contributed by atoms with E-state index in [-0.39, 0.29) is 0 Å². The van der Waals surface area contributed by atoms with Crippen LogP contribution in [0.15, 0.2) is 60.7 Å². The molecule has 0 spiro atoms. The fourth-order valence-electron chi connectivity index (χ4n) is 1.45. The van der Waals surface area contributed by atoms with Gasteiger partial charge in [-0.25, -0.2) is 0 Å². The Labute approximate surface area is 97.9 Å². The molecule has 0 aliphatic heterocycles. The van der Waals surface area contributed by atoms with E-state index in [0.29, 0.717) is 0 Å². The second-order valence-electron chi connectivity index (χ2n) is 3.14. The van der Waals surface area contributed by atoms with Gasteiger partial charge in [0.05, 0.1) is 0 Å². The standard InChI is InChI=1S/2C6H5.C2H.Sb/c2*1-2-4-6-5-3-1;1-2;/h2*1-5H;1H;. The third-order valence-electron chi connectivity index (χ3n) is 2.16. The molecule has 0 unspecified atom stereocenters. The summed E-state index contributed by atoms with van der Waals surface area (Å²) in [5.74, 6) is 0. The maximum absolute atomic E-state index is 5.67. The number of benzene rings is 2. The van der Waals surface area contributed by atoms with Crippen molar-refractivity contribution in [2.24, 2.45) is 0 Å². The van der Waals surface area contributed by atoms with Crippen molar-refractivity contribution < 1.29 is 0 Å². The van der Waals surface area contributed by atoms with E-state index in [1.165, 1.54) is 7.02 Å². The van der Waals surface area contributed by atoms with Crippen LogP contribution in [-0.4, -0.2) is 20.2 Å². The van der Waals surface area contributed by atoms with E-state index in [1.54, 1.807) is 0 Å². The molecule has 0 heterocycles. The SMILES string of the molecule is C#[C][Sb]([c]1ccccc1)[c]1ccccc1. The molecule has 0 N–H and O–H groups in total. The molecule has 2 aromatic rings. The molecule has 0 atom stereocenters. The summed E-state index contributed by atoms with van der Waals surface area (Å²) in [6.45, 7) is 0. The van der Waals surface area contributed by atoms with E-state index in [4.69, 9.17) is 6.42 Å². The third kappa shape index (κ3) is 2.44. The average Bonchev–Trinajstić information content (AvgIpc) is 2.33. The van der Waals surface area contributed by atoms with Crippen molar-refractivity contribution >= 4 is 27.2 Å². The topological polar surface area (TPSA) is 0 Å². The Morgan fingerprint density at radius 1 is 0.733 bits per heavy atom. The quantitative estimate of drug-likeness (QED) is 0.582. The fraction of sp³-hybridized carbons (Fsp3) is 0. The van der Waals surface area contributed by atoms with E-state index >= 15 is 0 Å². The molecule has 0 aliphatic rings. The van der Waals surface area contributed by atoms with E-state index in [0.717, 1.165) is 0 Å². The molecule has 72 valence electrons. The first-order valence-corrected chi connectivity index (χ1v) is 8.61. The molecular formula is C14H11Sb. The van der Waals surface area contributed by atoms with Gasteiger partial charge >= 0.3 is 98.2 Å². The van der Waals surface area contributed by atoms with Gasteiger partial charge in [0, 0.05) is 0 Å². The Balaban J connectivity index is 2.39. The minimum absolute atomic E-state index is 1.36. The normalized spacial score (nSPS) is 9.87. The first kappa shape index (κ1) is 10.3. The number of hydrogen-bond donors (Lipinski definition) is 0. The molecule has 2 rings (SSSR count). The van der Waals surface area contributed by atoms with Gasteiger partial charge in [0.2, 0.25) is 0 Å². The predicted octanol–water partition coefficient (Wildman–Crippen LogP) is 1.47. The van der Waals surface area contributed by atoms with Crippen LogP contribution in [0.3, 0.4) is 0 Å². The molecule has 0 saturated carbocycles. The van der Waals surface area contributed by atoms with E-state index < -0.39 is 20.2 Å². The van der Waals surface area contributed by atoms with Crippen LogP contribution < -0.4 is 7.02 Å². The van der Waals surface area contributed by atoms with Crippen LogP contribution in [0.25, 0.3) is 0 Å². The minimum atomic E-state index is -1.87. The van der Waals surface area contributed by atoms with Gasteiger partial charge in [-0.05, 0) is 0 Å². The van der Waals surface area contributed by atoms with E-state index in [2.05, 4.69) is 52.4 Å². The van der Waals surface area contributed by atoms with Crippen molar-refractivity contribution in [3.05, 3.63) is 60.7 Å². The summed E-state index contributed by atoms with van der Waals surface area (Å²) < 4.78 is 5.73. The number of hydrogen-bond acceptors (Lipinski definition) is 0. The van der Waals surface area contributed by atoms with Crippen molar-refractivity contribution in [1.29, 1.82) is 0 Å². The Hall–Kier alpha value is -1.18. The van der Waals surface area contributed by atoms with Crippen LogP contribution in [0.4, 0.5) is 0 Å². The molecule has 0 amide bonds. The van der Waals surface area contributed by atoms with Gasteiger partial charge in [-0.3, -0.25) is 0 Å². The van der Waals surface area contributed by atoms with Crippen LogP contribution in [-0.2, 0) is 0 Å². The molecule has 0 radical (unpaired) electrons. The average molecular weight is 301 g/mol. The monoisotopic (exact) mass is 300 g/mol. The van der Waals surface area contributed by atoms with Gasteiger partial charge in [0.1, 0.15) is 0 Å². The van der Waals surface area contributed by atoms with Crippen LogP contribution in [0.2, 0.25) is 0 Å². The van der Waals surface area contributed by atoms with Gasteiger partial charge in [-0.15, -0.1) is 0 Å². The van der Waals surface area contributed by atoms with E-state index in [1.807, 2.05) is 12.1 Å². The zero-order valence-electron chi connectivity index (χ0n) is 8.30. The summed E-state index contributed by atoms with van der Waals surface area (Å²) in [5.41, 5.74) is 0. The summed E-state index contributed by atoms with van der Waals surface area (Å²) in [6.07, 6.45) is 5.67. The molecule has 15 heavy (non-hydrogen) atoms. The van der Waals surface area contributed by atoms with Crippen molar-refractivity contribution in [2.75, 3.05) is 0 Å². The number of terminal acetylenes is 1. The zero-order valence-corrected chi connectivity index (χ0v) is 10.9. The molecule has 0 aromatic heterocycles. The summed E-state index contributed by atoms with van der Waals surface area (Å²) in [6, 6.07) is 20.9. The van der Waals surface area contributed by atoms with Crippen molar-refractivity contribution in [2.45, 2.75) is 0 Å². The van der Waals surface area contributed by atoms with Crippen LogP contribution in [0, 0.1) is 10.3 Å². The summed E-state index contributed by atoms with van der Waals surface area (Å²) in [4.78, 5) is 0. The Kier molecular flexibility index (Phi) is 3.48. The molecule has 0 fully saturated rings. The molecule has 1 heteroatoms. The van der Waals surface area contributed by atoms with Gasteiger partial charge in [0.15, 0.2) is 0 Å². The fourth-order valence-corrected chi connectivity index (χ4v) is 5.84. The van der Waals surface area contributed by atoms with Gasteiger partial charge in [-0.1, -0.05) is 0 Å². The summed E-state index contributed by atoms with van der Waals surface area (Å²) in [7, 11) is 0. The van der Waals surface area contributed by atoms with Crippen LogP contribution >= 0.6 is 0 Å².